The summed E-state index contributed by atoms with van der Waals surface area (Å²) in [6, 6.07) is 57.3. The molecule has 3 aromatic heterocycles. The molecule has 54 heavy (non-hydrogen) atoms. The van der Waals surface area contributed by atoms with Crippen molar-refractivity contribution < 1.29 is 0 Å². The second kappa shape index (κ2) is 14.1. The van der Waals surface area contributed by atoms with Gasteiger partial charge >= 0.3 is 0 Å². The number of benzene rings is 6. The Kier molecular flexibility index (Phi) is 8.40. The number of hydrogen-bond acceptors (Lipinski definition) is 8. The maximum absolute atomic E-state index is 9.39. The first-order chi connectivity index (χ1) is 26.7. The molecule has 8 nitrogen and oxygen atoms in total. The minimum atomic E-state index is 0.409. The van der Waals surface area contributed by atoms with E-state index in [1.807, 2.05) is 152 Å². The molecule has 0 unspecified atom stereocenters. The molecule has 0 aliphatic carbocycles. The number of rotatable bonds is 7. The fourth-order valence-corrected chi connectivity index (χ4v) is 6.27. The second-order valence-electron chi connectivity index (χ2n) is 12.5. The summed E-state index contributed by atoms with van der Waals surface area (Å²) in [5, 5.41) is 10.4. The van der Waals surface area contributed by atoms with Gasteiger partial charge in [0.2, 0.25) is 0 Å². The largest absolute Gasteiger partial charge is 0.228 e. The highest BCUT2D eigenvalue weighted by atomic mass is 15.1. The number of para-hydroxylation sites is 1. The van der Waals surface area contributed by atoms with Crippen LogP contribution in [-0.2, 0) is 0 Å². The maximum Gasteiger partial charge on any atom is 0.182 e. The van der Waals surface area contributed by atoms with Gasteiger partial charge in [0.1, 0.15) is 5.69 Å². The molecule has 0 radical (unpaired) electrons. The van der Waals surface area contributed by atoms with E-state index in [0.717, 1.165) is 50.0 Å². The lowest BCUT2D eigenvalue weighted by molar-refractivity contribution is 1.05. The zero-order valence-electron chi connectivity index (χ0n) is 28.7. The average molecular weight is 693 g/mol. The van der Waals surface area contributed by atoms with Crippen LogP contribution in [0, 0.1) is 11.3 Å². The van der Waals surface area contributed by atoms with Crippen LogP contribution in [0.1, 0.15) is 5.56 Å². The Morgan fingerprint density at radius 1 is 0.333 bits per heavy atom. The van der Waals surface area contributed by atoms with Gasteiger partial charge < -0.3 is 0 Å². The van der Waals surface area contributed by atoms with Gasteiger partial charge in [-0.15, -0.1) is 0 Å². The molecule has 9 rings (SSSR count). The van der Waals surface area contributed by atoms with Crippen molar-refractivity contribution in [3.8, 4) is 85.7 Å². The van der Waals surface area contributed by atoms with E-state index in [2.05, 4.69) is 12.1 Å². The van der Waals surface area contributed by atoms with Gasteiger partial charge in [-0.2, -0.15) is 5.26 Å². The first kappa shape index (κ1) is 32.2. The van der Waals surface area contributed by atoms with Crippen LogP contribution in [0.3, 0.4) is 0 Å². The van der Waals surface area contributed by atoms with Crippen molar-refractivity contribution in [1.82, 2.24) is 34.9 Å². The molecular weight excluding hydrogens is 665 g/mol. The maximum atomic E-state index is 9.39. The third-order valence-electron chi connectivity index (χ3n) is 9.02. The molecule has 0 aliphatic heterocycles. The Hall–Kier alpha value is -7.76. The molecule has 0 aliphatic rings. The number of hydrogen-bond donors (Lipinski definition) is 0. The monoisotopic (exact) mass is 692 g/mol. The summed E-state index contributed by atoms with van der Waals surface area (Å²) in [5.74, 6) is 2.64. The van der Waals surface area contributed by atoms with E-state index in [-0.39, 0.29) is 0 Å². The number of fused-ring (bicyclic) bond motifs is 1. The highest BCUT2D eigenvalue weighted by Crippen LogP contribution is 2.32. The van der Waals surface area contributed by atoms with Gasteiger partial charge in [-0.1, -0.05) is 146 Å². The normalized spacial score (nSPS) is 10.9. The predicted octanol–water partition coefficient (Wildman–Crippen LogP) is 10.1. The van der Waals surface area contributed by atoms with Gasteiger partial charge in [0.05, 0.1) is 28.5 Å². The highest BCUT2D eigenvalue weighted by Gasteiger charge is 2.18. The molecule has 0 N–H and O–H groups in total. The molecule has 6 aromatic carbocycles. The Balaban J connectivity index is 1.18. The Morgan fingerprint density at radius 3 is 1.37 bits per heavy atom. The van der Waals surface area contributed by atoms with Crippen LogP contribution in [0.25, 0.3) is 90.5 Å². The fraction of sp³-hybridized carbons (Fsp3) is 0. The zero-order valence-corrected chi connectivity index (χ0v) is 28.7. The van der Waals surface area contributed by atoms with E-state index >= 15 is 0 Å². The second-order valence-corrected chi connectivity index (χ2v) is 12.5. The Morgan fingerprint density at radius 2 is 0.778 bits per heavy atom. The van der Waals surface area contributed by atoms with Gasteiger partial charge in [-0.25, -0.2) is 34.9 Å². The molecule has 3 heterocycles. The first-order valence-corrected chi connectivity index (χ1v) is 17.4. The first-order valence-electron chi connectivity index (χ1n) is 17.4. The van der Waals surface area contributed by atoms with E-state index < -0.39 is 0 Å². The lowest BCUT2D eigenvalue weighted by Gasteiger charge is -2.12. The number of aromatic nitrogens is 7. The van der Waals surface area contributed by atoms with Crippen molar-refractivity contribution in [2.75, 3.05) is 0 Å². The third kappa shape index (κ3) is 6.45. The molecule has 252 valence electrons. The lowest BCUT2D eigenvalue weighted by atomic mass is 10.0. The number of nitrogens with zero attached hydrogens (tertiary/aromatic N) is 8. The van der Waals surface area contributed by atoms with Crippen molar-refractivity contribution in [3.05, 3.63) is 175 Å². The fourth-order valence-electron chi connectivity index (χ4n) is 6.27. The molecule has 0 spiro atoms. The molecule has 0 amide bonds. The summed E-state index contributed by atoms with van der Waals surface area (Å²) in [6.45, 7) is 0. The zero-order chi connectivity index (χ0) is 36.3. The minimum absolute atomic E-state index is 0.409. The van der Waals surface area contributed by atoms with Crippen molar-refractivity contribution in [1.29, 1.82) is 5.26 Å². The average Bonchev–Trinajstić information content (AvgIpc) is 3.26. The van der Waals surface area contributed by atoms with Crippen LogP contribution in [0.15, 0.2) is 170 Å². The Bertz CT molecular complexity index is 2800. The van der Waals surface area contributed by atoms with Crippen LogP contribution in [0.5, 0.6) is 0 Å². The van der Waals surface area contributed by atoms with Crippen molar-refractivity contribution in [2.45, 2.75) is 0 Å². The predicted molar refractivity (Wildman–Crippen MR) is 211 cm³/mol. The number of nitriles is 1. The van der Waals surface area contributed by atoms with Crippen LogP contribution in [0.4, 0.5) is 0 Å². The van der Waals surface area contributed by atoms with Crippen molar-refractivity contribution in [2.24, 2.45) is 0 Å². The van der Waals surface area contributed by atoms with E-state index in [1.54, 1.807) is 12.1 Å². The van der Waals surface area contributed by atoms with Crippen LogP contribution >= 0.6 is 0 Å². The molecule has 9 aromatic rings. The molecule has 0 fully saturated rings. The standard InChI is InChI=1S/C46H28N8/c47-29-30-20-22-31(23-21-30)39-28-40(50-42(49-39)33-12-4-1-5-13-33)46-53-44(35-16-8-3-9-17-35)52-45(54-46)36-26-24-32(25-27-36)41-37-18-10-11-19-38(37)48-43(51-41)34-14-6-2-7-15-34/h1-28H. The summed E-state index contributed by atoms with van der Waals surface area (Å²) in [6.07, 6.45) is 0. The van der Waals surface area contributed by atoms with E-state index in [1.165, 1.54) is 0 Å². The van der Waals surface area contributed by atoms with Crippen molar-refractivity contribution in [3.63, 3.8) is 0 Å². The molecule has 0 saturated heterocycles. The topological polar surface area (TPSA) is 114 Å². The summed E-state index contributed by atoms with van der Waals surface area (Å²) in [4.78, 5) is 34.8. The van der Waals surface area contributed by atoms with E-state index in [4.69, 9.17) is 34.9 Å². The molecule has 0 bridgehead atoms. The van der Waals surface area contributed by atoms with Crippen molar-refractivity contribution >= 4 is 10.9 Å². The molecule has 0 atom stereocenters. The molecular formula is C46H28N8. The summed E-state index contributed by atoms with van der Waals surface area (Å²) >= 11 is 0. The highest BCUT2D eigenvalue weighted by molar-refractivity contribution is 5.94. The third-order valence-corrected chi connectivity index (χ3v) is 9.02. The van der Waals surface area contributed by atoms with Gasteiger partial charge in [-0.3, -0.25) is 0 Å². The van der Waals surface area contributed by atoms with E-state index in [9.17, 15) is 5.26 Å². The quantitative estimate of drug-likeness (QED) is 0.162. The minimum Gasteiger partial charge on any atom is -0.228 e. The van der Waals surface area contributed by atoms with Crippen LogP contribution < -0.4 is 0 Å². The summed E-state index contributed by atoms with van der Waals surface area (Å²) < 4.78 is 0. The summed E-state index contributed by atoms with van der Waals surface area (Å²) in [7, 11) is 0. The van der Waals surface area contributed by atoms with Gasteiger partial charge in [0, 0.05) is 38.8 Å². The smallest absolute Gasteiger partial charge is 0.182 e. The lowest BCUT2D eigenvalue weighted by Crippen LogP contribution is -2.03. The van der Waals surface area contributed by atoms with Gasteiger partial charge in [0.25, 0.3) is 0 Å². The molecule has 0 saturated carbocycles. The van der Waals surface area contributed by atoms with Crippen LogP contribution in [0.2, 0.25) is 0 Å². The SMILES string of the molecule is N#Cc1ccc(-c2cc(-c3nc(-c4ccccc4)nc(-c4ccc(-c5nc(-c6ccccc6)nc6ccccc56)cc4)n3)nc(-c3ccccc3)n2)cc1. The molecule has 8 heteroatoms. The van der Waals surface area contributed by atoms with Crippen LogP contribution in [-0.4, -0.2) is 34.9 Å². The Labute approximate surface area is 311 Å². The summed E-state index contributed by atoms with van der Waals surface area (Å²) in [5.41, 5.74) is 8.78. The van der Waals surface area contributed by atoms with Gasteiger partial charge in [0.15, 0.2) is 29.1 Å². The van der Waals surface area contributed by atoms with Gasteiger partial charge in [-0.05, 0) is 24.3 Å². The van der Waals surface area contributed by atoms with E-state index in [0.29, 0.717) is 46.1 Å².